The van der Waals surface area contributed by atoms with Gasteiger partial charge in [0.05, 0.1) is 0 Å². The number of hydrogen-bond acceptors (Lipinski definition) is 0. The molecule has 0 bridgehead atoms. The Bertz CT molecular complexity index is 55.0. The molecule has 0 aliphatic heterocycles. The van der Waals surface area contributed by atoms with Gasteiger partial charge in [-0.05, 0) is 0 Å². The van der Waals surface area contributed by atoms with Gasteiger partial charge in [-0.25, -0.2) is 0 Å². The van der Waals surface area contributed by atoms with E-state index in [1.165, 1.54) is 0 Å². The molecule has 37 valence electrons. The summed E-state index contributed by atoms with van der Waals surface area (Å²) in [7, 11) is 0. The molecular weight excluding hydrogens is 163 g/mol. The van der Waals surface area contributed by atoms with Gasteiger partial charge >= 0.3 is 48.0 Å². The van der Waals surface area contributed by atoms with E-state index in [4.69, 9.17) is 0 Å². The van der Waals surface area contributed by atoms with Crippen LogP contribution in [0.1, 0.15) is 13.3 Å². The van der Waals surface area contributed by atoms with Crippen molar-refractivity contribution in [3.63, 3.8) is 0 Å². The van der Waals surface area contributed by atoms with E-state index in [1.54, 1.807) is 0 Å². The van der Waals surface area contributed by atoms with E-state index in [0.29, 0.717) is 0 Å². The van der Waals surface area contributed by atoms with Crippen molar-refractivity contribution in [2.45, 2.75) is 13.3 Å². The molecule has 0 rings (SSSR count). The minimum atomic E-state index is 1.13. The Hall–Kier alpha value is 0.233. The van der Waals surface area contributed by atoms with Crippen molar-refractivity contribution >= 4 is 4.61 Å². The van der Waals surface area contributed by atoms with Crippen molar-refractivity contribution in [3.05, 3.63) is 12.2 Å². The van der Waals surface area contributed by atoms with E-state index >= 15 is 0 Å². The van der Waals surface area contributed by atoms with Gasteiger partial charge in [0.15, 0.2) is 0 Å². The molecular formula is C5H8Rh. The number of rotatable bonds is 2. The van der Waals surface area contributed by atoms with Crippen LogP contribution in [0, 0.1) is 0 Å². The van der Waals surface area contributed by atoms with Gasteiger partial charge in [0.1, 0.15) is 0 Å². The molecule has 0 heterocycles. The number of allylic oxidation sites excluding steroid dienone is 2. The van der Waals surface area contributed by atoms with Crippen molar-refractivity contribution in [2.24, 2.45) is 0 Å². The van der Waals surface area contributed by atoms with Gasteiger partial charge in [-0.1, -0.05) is 0 Å². The third-order valence-electron chi connectivity index (χ3n) is 0.436. The molecule has 0 amide bonds. The molecule has 1 heteroatoms. The van der Waals surface area contributed by atoms with Gasteiger partial charge in [-0.2, -0.15) is 0 Å². The molecule has 0 aliphatic rings. The van der Waals surface area contributed by atoms with Gasteiger partial charge in [0.2, 0.25) is 0 Å². The second kappa shape index (κ2) is 5.23. The molecule has 0 aromatic rings. The molecule has 0 radical (unpaired) electrons. The summed E-state index contributed by atoms with van der Waals surface area (Å²) >= 11 is 2.68. The van der Waals surface area contributed by atoms with Crippen LogP contribution in [0.3, 0.4) is 0 Å². The summed E-state index contributed by atoms with van der Waals surface area (Å²) in [6, 6.07) is 0. The average Bonchev–Trinajstić information content (AvgIpc) is 1.61. The van der Waals surface area contributed by atoms with Crippen LogP contribution in [-0.4, -0.2) is 4.61 Å². The first-order chi connectivity index (χ1) is 2.91. The van der Waals surface area contributed by atoms with Gasteiger partial charge in [-0.3, -0.25) is 0 Å². The average molecular weight is 171 g/mol. The summed E-state index contributed by atoms with van der Waals surface area (Å²) in [5.74, 6) is 0. The van der Waals surface area contributed by atoms with Gasteiger partial charge in [-0.15, -0.1) is 0 Å². The first kappa shape index (κ1) is 6.23. The van der Waals surface area contributed by atoms with Crippen LogP contribution in [0.5, 0.6) is 0 Å². The molecule has 0 atom stereocenters. The molecule has 0 N–H and O–H groups in total. The maximum atomic E-state index is 2.68. The molecule has 0 aromatic carbocycles. The summed E-state index contributed by atoms with van der Waals surface area (Å²) in [6.45, 7) is 2.11. The SMILES string of the molecule is CC/C=C\[CH]=[Rh]. The van der Waals surface area contributed by atoms with Gasteiger partial charge < -0.3 is 0 Å². The van der Waals surface area contributed by atoms with Crippen LogP contribution in [0.15, 0.2) is 12.2 Å². The quantitative estimate of drug-likeness (QED) is 0.549. The second-order valence-corrected chi connectivity index (χ2v) is 1.49. The Kier molecular flexibility index (Phi) is 5.44. The standard InChI is InChI=1S/C5H8.Rh/c1-3-5-4-2;/h1,3,5H,4H2,2H3;/b5-3-;. The molecule has 0 aliphatic carbocycles. The predicted molar refractivity (Wildman–Crippen MR) is 25.5 cm³/mol. The Balaban J connectivity index is 2.94. The van der Waals surface area contributed by atoms with E-state index in [2.05, 4.69) is 30.9 Å². The zero-order chi connectivity index (χ0) is 4.83. The minimum absolute atomic E-state index is 1.13. The van der Waals surface area contributed by atoms with Crippen LogP contribution in [0.2, 0.25) is 0 Å². The van der Waals surface area contributed by atoms with Crippen LogP contribution >= 0.6 is 0 Å². The van der Waals surface area contributed by atoms with Crippen molar-refractivity contribution in [3.8, 4) is 0 Å². The van der Waals surface area contributed by atoms with Crippen LogP contribution in [-0.2, 0) is 17.9 Å². The Morgan fingerprint density at radius 1 is 1.67 bits per heavy atom. The molecule has 0 fully saturated rings. The summed E-state index contributed by atoms with van der Waals surface area (Å²) in [4.78, 5) is 0. The summed E-state index contributed by atoms with van der Waals surface area (Å²) in [6.07, 6.45) is 5.23. The second-order valence-electron chi connectivity index (χ2n) is 0.948. The third-order valence-corrected chi connectivity index (χ3v) is 0.751. The molecule has 0 unspecified atom stereocenters. The maximum absolute atomic E-state index is 2.68. The summed E-state index contributed by atoms with van der Waals surface area (Å²) in [5.41, 5.74) is 0. The van der Waals surface area contributed by atoms with E-state index in [9.17, 15) is 0 Å². The number of hydrogen-bond donors (Lipinski definition) is 0. The monoisotopic (exact) mass is 171 g/mol. The predicted octanol–water partition coefficient (Wildman–Crippen LogP) is 1.30. The molecule has 6 heavy (non-hydrogen) atoms. The van der Waals surface area contributed by atoms with Crippen molar-refractivity contribution in [1.82, 2.24) is 0 Å². The van der Waals surface area contributed by atoms with Gasteiger partial charge in [0.25, 0.3) is 0 Å². The van der Waals surface area contributed by atoms with Gasteiger partial charge in [0, 0.05) is 0 Å². The fourth-order valence-corrected chi connectivity index (χ4v) is 0.404. The van der Waals surface area contributed by atoms with E-state index in [0.717, 1.165) is 6.42 Å². The van der Waals surface area contributed by atoms with Crippen LogP contribution < -0.4 is 0 Å². The zero-order valence-electron chi connectivity index (χ0n) is 3.77. The van der Waals surface area contributed by atoms with Crippen molar-refractivity contribution < 1.29 is 17.9 Å². The zero-order valence-corrected chi connectivity index (χ0v) is 5.41. The van der Waals surface area contributed by atoms with Crippen molar-refractivity contribution in [1.29, 1.82) is 0 Å². The normalized spacial score (nSPS) is 9.67. The molecule has 0 aromatic heterocycles. The molecule has 0 saturated heterocycles. The topological polar surface area (TPSA) is 0 Å². The van der Waals surface area contributed by atoms with Crippen LogP contribution in [0.4, 0.5) is 0 Å². The molecule has 0 nitrogen and oxygen atoms in total. The summed E-state index contributed by atoms with van der Waals surface area (Å²) in [5, 5.41) is 0. The summed E-state index contributed by atoms with van der Waals surface area (Å²) < 4.78 is 1.92. The van der Waals surface area contributed by atoms with E-state index in [1.807, 2.05) is 10.7 Å². The molecule has 0 saturated carbocycles. The van der Waals surface area contributed by atoms with Crippen LogP contribution in [0.25, 0.3) is 0 Å². The fraction of sp³-hybridized carbons (Fsp3) is 0.400. The first-order valence-corrected chi connectivity index (χ1v) is 2.92. The van der Waals surface area contributed by atoms with Crippen molar-refractivity contribution in [2.75, 3.05) is 0 Å². The Morgan fingerprint density at radius 2 is 2.33 bits per heavy atom. The molecule has 0 spiro atoms. The van der Waals surface area contributed by atoms with E-state index < -0.39 is 0 Å². The third kappa shape index (κ3) is 4.23. The van der Waals surface area contributed by atoms with E-state index in [-0.39, 0.29) is 0 Å². The first-order valence-electron chi connectivity index (χ1n) is 1.97. The fourth-order valence-electron chi connectivity index (χ4n) is 0.181. The Morgan fingerprint density at radius 3 is 2.50 bits per heavy atom. The Labute approximate surface area is 48.5 Å².